The molecule has 0 atom stereocenters. The van der Waals surface area contributed by atoms with Gasteiger partial charge < -0.3 is 26.6 Å². The Balaban J connectivity index is 0.000000821. The van der Waals surface area contributed by atoms with Crippen LogP contribution in [0.4, 0.5) is 11.4 Å². The van der Waals surface area contributed by atoms with Crippen LogP contribution in [0.1, 0.15) is 44.9 Å². The fourth-order valence-corrected chi connectivity index (χ4v) is 3.84. The summed E-state index contributed by atoms with van der Waals surface area (Å²) in [5, 5.41) is 52.8. The molecule has 1 fully saturated rings. The van der Waals surface area contributed by atoms with Gasteiger partial charge in [-0.15, -0.1) is 0 Å². The minimum absolute atomic E-state index is 0.00148. The summed E-state index contributed by atoms with van der Waals surface area (Å²) >= 11 is 11.7. The monoisotopic (exact) mass is 589 g/mol. The van der Waals surface area contributed by atoms with Crippen LogP contribution in [0.3, 0.4) is 0 Å². The van der Waals surface area contributed by atoms with E-state index in [9.17, 15) is 0 Å². The molecule has 1 aliphatic rings. The maximum Gasteiger partial charge on any atom is 0.199 e. The van der Waals surface area contributed by atoms with Crippen molar-refractivity contribution in [1.29, 1.82) is 21.6 Å². The van der Waals surface area contributed by atoms with E-state index in [-0.39, 0.29) is 23.8 Å². The minimum atomic E-state index is -0.00148. The lowest BCUT2D eigenvalue weighted by atomic mass is 10.2. The summed E-state index contributed by atoms with van der Waals surface area (Å²) < 4.78 is 0. The van der Waals surface area contributed by atoms with Crippen LogP contribution in [-0.2, 0) is 0 Å². The molecule has 0 saturated carbocycles. The number of hydrogen-bond acceptors (Lipinski definition) is 5. The topological polar surface area (TPSA) is 180 Å². The zero-order chi connectivity index (χ0) is 29.0. The third-order valence-electron chi connectivity index (χ3n) is 5.64. The van der Waals surface area contributed by atoms with Gasteiger partial charge in [0.05, 0.1) is 0 Å². The van der Waals surface area contributed by atoms with Crippen molar-refractivity contribution < 1.29 is 0 Å². The molecule has 0 bridgehead atoms. The van der Waals surface area contributed by atoms with Gasteiger partial charge in [-0.05, 0) is 87.3 Å². The zero-order valence-electron chi connectivity index (χ0n) is 22.7. The highest BCUT2D eigenvalue weighted by Gasteiger charge is 2.03. The first-order valence-corrected chi connectivity index (χ1v) is 14.2. The molecule has 11 nitrogen and oxygen atoms in total. The van der Waals surface area contributed by atoms with Gasteiger partial charge in [0, 0.05) is 34.5 Å². The number of hydrogen-bond donors (Lipinski definition) is 11. The minimum Gasteiger partial charge on any atom is -0.356 e. The number of halogens is 2. The van der Waals surface area contributed by atoms with Gasteiger partial charge in [-0.25, -0.2) is 0 Å². The fourth-order valence-electron chi connectivity index (χ4n) is 3.59. The van der Waals surface area contributed by atoms with E-state index in [4.69, 9.17) is 44.8 Å². The third-order valence-corrected chi connectivity index (χ3v) is 6.15. The summed E-state index contributed by atoms with van der Waals surface area (Å²) in [6.07, 6.45) is 7.92. The Morgan fingerprint density at radius 3 is 1.30 bits per heavy atom. The van der Waals surface area contributed by atoms with Crippen molar-refractivity contribution in [2.75, 3.05) is 36.8 Å². The summed E-state index contributed by atoms with van der Waals surface area (Å²) in [5.41, 5.74) is 1.42. The molecule has 0 unspecified atom stereocenters. The van der Waals surface area contributed by atoms with Crippen molar-refractivity contribution in [2.24, 2.45) is 0 Å². The lowest BCUT2D eigenvalue weighted by Gasteiger charge is -2.13. The average Bonchev–Trinajstić information content (AvgIpc) is 2.94. The summed E-state index contributed by atoms with van der Waals surface area (Å²) in [7, 11) is 0. The molecule has 218 valence electrons. The van der Waals surface area contributed by atoms with Gasteiger partial charge in [0.2, 0.25) is 0 Å². The van der Waals surface area contributed by atoms with Crippen molar-refractivity contribution in [3.63, 3.8) is 0 Å². The average molecular weight is 591 g/mol. The number of benzene rings is 2. The van der Waals surface area contributed by atoms with Crippen LogP contribution in [0.2, 0.25) is 10.0 Å². The van der Waals surface area contributed by atoms with Gasteiger partial charge >= 0.3 is 0 Å². The van der Waals surface area contributed by atoms with Gasteiger partial charge in [0.1, 0.15) is 0 Å². The Hall–Kier alpha value is -3.54. The van der Waals surface area contributed by atoms with E-state index in [0.717, 1.165) is 25.7 Å². The number of rotatable bonds is 9. The predicted octanol–water partition coefficient (Wildman–Crippen LogP) is 4.94. The zero-order valence-corrected chi connectivity index (χ0v) is 24.2. The number of piperidine rings is 1. The highest BCUT2D eigenvalue weighted by Crippen LogP contribution is 2.13. The fraction of sp³-hybridized carbons (Fsp3) is 0.407. The molecule has 2 aromatic carbocycles. The first-order valence-electron chi connectivity index (χ1n) is 13.4. The summed E-state index contributed by atoms with van der Waals surface area (Å²) in [6.45, 7) is 3.75. The SMILES string of the molecule is C1CCNCC1.N=C(NCCCCCCNC(=N)NC(=N)Nc1ccc(Cl)cc1)NC(=N)Nc1ccc(Cl)cc1. The molecule has 1 heterocycles. The second kappa shape index (κ2) is 19.5. The molecule has 1 saturated heterocycles. The van der Waals surface area contributed by atoms with Crippen LogP contribution in [-0.4, -0.2) is 50.0 Å². The lowest BCUT2D eigenvalue weighted by molar-refractivity contribution is 0.520. The van der Waals surface area contributed by atoms with Crippen molar-refractivity contribution in [2.45, 2.75) is 44.9 Å². The molecular formula is C27H41Cl2N11. The first kappa shape index (κ1) is 32.7. The Bertz CT molecular complexity index is 964. The number of unbranched alkanes of at least 4 members (excludes halogenated alkanes) is 3. The number of anilines is 2. The van der Waals surface area contributed by atoms with Crippen molar-refractivity contribution in [1.82, 2.24) is 26.6 Å². The predicted molar refractivity (Wildman–Crippen MR) is 169 cm³/mol. The van der Waals surface area contributed by atoms with Crippen LogP contribution in [0.5, 0.6) is 0 Å². The standard InChI is InChI=1S/C22H30Cl2N10.C5H11N/c23-15-5-9-17(10-6-15)31-21(27)33-19(25)29-13-3-1-2-4-14-30-20(26)34-22(28)32-18-11-7-16(24)8-12-18;1-2-4-6-5-3-1/h5-12H,1-4,13-14H2,(H5,25,27,29,31,33)(H5,26,28,30,32,34);6H,1-5H2. The molecule has 1 aliphatic heterocycles. The van der Waals surface area contributed by atoms with E-state index in [2.05, 4.69) is 37.2 Å². The molecule has 13 heteroatoms. The van der Waals surface area contributed by atoms with Crippen LogP contribution >= 0.6 is 23.2 Å². The number of guanidine groups is 4. The first-order chi connectivity index (χ1) is 19.3. The molecule has 0 radical (unpaired) electrons. The highest BCUT2D eigenvalue weighted by atomic mass is 35.5. The normalized spacial score (nSPS) is 12.2. The molecular weight excluding hydrogens is 549 g/mol. The molecule has 40 heavy (non-hydrogen) atoms. The maximum atomic E-state index is 7.86. The van der Waals surface area contributed by atoms with Crippen LogP contribution in [0.25, 0.3) is 0 Å². The summed E-state index contributed by atoms with van der Waals surface area (Å²) in [5.74, 6) is 0.112. The third kappa shape index (κ3) is 15.8. The molecule has 0 aromatic heterocycles. The van der Waals surface area contributed by atoms with Crippen molar-refractivity contribution in [3.8, 4) is 0 Å². The molecule has 11 N–H and O–H groups in total. The smallest absolute Gasteiger partial charge is 0.199 e. The largest absolute Gasteiger partial charge is 0.356 e. The van der Waals surface area contributed by atoms with Gasteiger partial charge in [-0.1, -0.05) is 42.5 Å². The maximum absolute atomic E-state index is 7.86. The van der Waals surface area contributed by atoms with Crippen LogP contribution < -0.4 is 37.2 Å². The van der Waals surface area contributed by atoms with Crippen LogP contribution in [0.15, 0.2) is 48.5 Å². The van der Waals surface area contributed by atoms with Crippen LogP contribution in [0, 0.1) is 21.6 Å². The van der Waals surface area contributed by atoms with Gasteiger partial charge in [0.25, 0.3) is 0 Å². The van der Waals surface area contributed by atoms with Gasteiger partial charge in [0.15, 0.2) is 23.8 Å². The van der Waals surface area contributed by atoms with Crippen molar-refractivity contribution in [3.05, 3.63) is 58.6 Å². The molecule has 3 rings (SSSR count). The second-order valence-electron chi connectivity index (χ2n) is 9.09. The Kier molecular flexibility index (Phi) is 15.9. The highest BCUT2D eigenvalue weighted by molar-refractivity contribution is 6.31. The van der Waals surface area contributed by atoms with E-state index in [0.29, 0.717) is 34.5 Å². The molecule has 0 amide bonds. The van der Waals surface area contributed by atoms with E-state index >= 15 is 0 Å². The van der Waals surface area contributed by atoms with E-state index in [1.165, 1.54) is 32.4 Å². The van der Waals surface area contributed by atoms with Gasteiger partial charge in [-0.2, -0.15) is 0 Å². The quantitative estimate of drug-likeness (QED) is 0.111. The molecule has 0 aliphatic carbocycles. The van der Waals surface area contributed by atoms with E-state index < -0.39 is 0 Å². The Morgan fingerprint density at radius 1 is 0.575 bits per heavy atom. The lowest BCUT2D eigenvalue weighted by Crippen LogP contribution is -2.43. The summed E-state index contributed by atoms with van der Waals surface area (Å²) in [4.78, 5) is 0. The van der Waals surface area contributed by atoms with Crippen molar-refractivity contribution >= 4 is 58.4 Å². The summed E-state index contributed by atoms with van der Waals surface area (Å²) in [6, 6.07) is 13.9. The Morgan fingerprint density at radius 2 is 0.975 bits per heavy atom. The van der Waals surface area contributed by atoms with E-state index in [1.807, 2.05) is 0 Å². The second-order valence-corrected chi connectivity index (χ2v) is 9.97. The Labute approximate surface area is 246 Å². The van der Waals surface area contributed by atoms with E-state index in [1.54, 1.807) is 48.5 Å². The molecule has 0 spiro atoms. The molecule has 2 aromatic rings. The number of nitrogens with one attached hydrogen (secondary N) is 11. The van der Waals surface area contributed by atoms with Gasteiger partial charge in [-0.3, -0.25) is 32.3 Å².